The molecule has 33 heavy (non-hydrogen) atoms. The number of nitrogens with one attached hydrogen (secondary N) is 3. The van der Waals surface area contributed by atoms with E-state index in [1.54, 1.807) is 0 Å². The third kappa shape index (κ3) is 6.57. The van der Waals surface area contributed by atoms with Gasteiger partial charge in [-0.05, 0) is 47.0 Å². The molecule has 170 valence electrons. The van der Waals surface area contributed by atoms with E-state index in [9.17, 15) is 9.59 Å². The molecule has 3 atom stereocenters. The number of anilines is 1. The summed E-state index contributed by atoms with van der Waals surface area (Å²) < 4.78 is 5.32. The number of halogens is 1. The molecule has 0 spiro atoms. The van der Waals surface area contributed by atoms with Gasteiger partial charge in [-0.1, -0.05) is 72.8 Å². The van der Waals surface area contributed by atoms with Gasteiger partial charge in [0.1, 0.15) is 12.6 Å². The number of hydrogen-bond acceptors (Lipinski definition) is 4. The van der Waals surface area contributed by atoms with E-state index in [0.717, 1.165) is 17.5 Å². The van der Waals surface area contributed by atoms with Crippen LogP contribution >= 0.6 is 11.8 Å². The Hall–Kier alpha value is -3.35. The molecule has 1 saturated carbocycles. The molecule has 4 rings (SSSR count). The van der Waals surface area contributed by atoms with Gasteiger partial charge in [0.25, 0.3) is 0 Å². The first kappa shape index (κ1) is 22.8. The first-order valence-corrected chi connectivity index (χ1v) is 11.3. The van der Waals surface area contributed by atoms with Gasteiger partial charge in [-0.25, -0.2) is 9.63 Å². The molecule has 0 saturated heterocycles. The largest absolute Gasteiger partial charge is 0.445 e. The molecule has 3 aromatic carbocycles. The highest BCUT2D eigenvalue weighted by molar-refractivity contribution is 6.13. The maximum absolute atomic E-state index is 13.0. The van der Waals surface area contributed by atoms with Crippen molar-refractivity contribution in [3.05, 3.63) is 102 Å². The smallest absolute Gasteiger partial charge is 0.408 e. The average Bonchev–Trinajstić information content (AvgIpc) is 3.64. The van der Waals surface area contributed by atoms with Crippen molar-refractivity contribution < 1.29 is 14.3 Å². The summed E-state index contributed by atoms with van der Waals surface area (Å²) in [7, 11) is 0. The van der Waals surface area contributed by atoms with Gasteiger partial charge in [0.15, 0.2) is 0 Å². The summed E-state index contributed by atoms with van der Waals surface area (Å²) in [6.45, 7) is 0.132. The lowest BCUT2D eigenvalue weighted by Crippen LogP contribution is -2.45. The maximum Gasteiger partial charge on any atom is 0.408 e. The van der Waals surface area contributed by atoms with E-state index in [1.807, 2.05) is 84.9 Å². The van der Waals surface area contributed by atoms with Crippen molar-refractivity contribution in [3.8, 4) is 0 Å². The normalized spacial score (nSPS) is 17.6. The highest BCUT2D eigenvalue weighted by Crippen LogP contribution is 2.41. The molecule has 0 heterocycles. The lowest BCUT2D eigenvalue weighted by atomic mass is 10.1. The van der Waals surface area contributed by atoms with Crippen LogP contribution in [0, 0.1) is 0 Å². The maximum atomic E-state index is 13.0. The monoisotopic (exact) mass is 463 g/mol. The number of alkyl carbamates (subject to hydrolysis) is 1. The predicted molar refractivity (Wildman–Crippen MR) is 129 cm³/mol. The zero-order valence-electron chi connectivity index (χ0n) is 18.0. The summed E-state index contributed by atoms with van der Waals surface area (Å²) in [5.41, 5.74) is 3.65. The predicted octanol–water partition coefficient (Wildman–Crippen LogP) is 4.76. The number of carbonyl (C=O) groups excluding carboxylic acids is 2. The van der Waals surface area contributed by atoms with E-state index >= 15 is 0 Å². The fraction of sp³-hybridized carbons (Fsp3) is 0.231. The number of amides is 2. The van der Waals surface area contributed by atoms with E-state index in [4.69, 9.17) is 16.5 Å². The van der Waals surface area contributed by atoms with Crippen LogP contribution in [0.1, 0.15) is 29.0 Å². The van der Waals surface area contributed by atoms with Crippen molar-refractivity contribution in [2.24, 2.45) is 0 Å². The Morgan fingerprint density at radius 3 is 2.15 bits per heavy atom. The standard InChI is InChI=1S/C26H26ClN3O3/c27-30-23-16-22(23)20-11-13-21(14-12-20)28-25(31)24(15-18-7-3-1-4-8-18)29-26(32)33-17-19-9-5-2-6-10-19/h1-14,22-24,30H,15-17H2,(H,28,31)(H,29,32). The molecule has 0 aliphatic heterocycles. The van der Waals surface area contributed by atoms with Gasteiger partial charge in [0, 0.05) is 24.1 Å². The molecule has 1 aliphatic carbocycles. The fourth-order valence-corrected chi connectivity index (χ4v) is 3.93. The molecule has 3 aromatic rings. The summed E-state index contributed by atoms with van der Waals surface area (Å²) in [6.07, 6.45) is 0.707. The number of benzene rings is 3. The molecule has 3 N–H and O–H groups in total. The number of carbonyl (C=O) groups is 2. The van der Waals surface area contributed by atoms with Crippen LogP contribution in [0.2, 0.25) is 0 Å². The van der Waals surface area contributed by atoms with Crippen LogP contribution in [0.3, 0.4) is 0 Å². The molecular formula is C26H26ClN3O3. The Kier molecular flexibility index (Phi) is 7.60. The quantitative estimate of drug-likeness (QED) is 0.400. The zero-order valence-corrected chi connectivity index (χ0v) is 18.8. The molecule has 1 aliphatic rings. The van der Waals surface area contributed by atoms with E-state index in [2.05, 4.69) is 15.5 Å². The Morgan fingerprint density at radius 2 is 1.55 bits per heavy atom. The van der Waals surface area contributed by atoms with Crippen molar-refractivity contribution in [1.82, 2.24) is 10.2 Å². The topological polar surface area (TPSA) is 79.5 Å². The third-order valence-electron chi connectivity index (χ3n) is 5.64. The van der Waals surface area contributed by atoms with Gasteiger partial charge in [-0.2, -0.15) is 0 Å². The van der Waals surface area contributed by atoms with Crippen LogP contribution in [0.5, 0.6) is 0 Å². The molecular weight excluding hydrogens is 438 g/mol. The van der Waals surface area contributed by atoms with Crippen LogP contribution in [-0.2, 0) is 22.6 Å². The average molecular weight is 464 g/mol. The molecule has 6 nitrogen and oxygen atoms in total. The zero-order chi connectivity index (χ0) is 23.0. The first-order chi connectivity index (χ1) is 16.1. The van der Waals surface area contributed by atoms with Crippen LogP contribution in [-0.4, -0.2) is 24.1 Å². The highest BCUT2D eigenvalue weighted by Gasteiger charge is 2.37. The van der Waals surface area contributed by atoms with E-state index in [0.29, 0.717) is 24.1 Å². The molecule has 0 radical (unpaired) electrons. The van der Waals surface area contributed by atoms with Gasteiger partial charge >= 0.3 is 6.09 Å². The van der Waals surface area contributed by atoms with Crippen LogP contribution in [0.25, 0.3) is 0 Å². The van der Waals surface area contributed by atoms with E-state index in [-0.39, 0.29) is 12.5 Å². The SMILES string of the molecule is O=C(NC(Cc1ccccc1)C(=O)Nc1ccc(C2CC2NCl)cc1)OCc1ccccc1. The van der Waals surface area contributed by atoms with Crippen molar-refractivity contribution in [3.63, 3.8) is 0 Å². The molecule has 1 fully saturated rings. The summed E-state index contributed by atoms with van der Waals surface area (Å²) in [4.78, 5) is 28.2. The fourth-order valence-electron chi connectivity index (χ4n) is 3.69. The lowest BCUT2D eigenvalue weighted by molar-refractivity contribution is -0.118. The molecule has 7 heteroatoms. The summed E-state index contributed by atoms with van der Waals surface area (Å²) in [5.74, 6) is 0.0918. The number of hydrogen-bond donors (Lipinski definition) is 3. The molecule has 0 aromatic heterocycles. The minimum Gasteiger partial charge on any atom is -0.445 e. The Morgan fingerprint density at radius 1 is 0.909 bits per heavy atom. The second-order valence-corrected chi connectivity index (χ2v) is 8.34. The highest BCUT2D eigenvalue weighted by atomic mass is 35.5. The summed E-state index contributed by atoms with van der Waals surface area (Å²) in [6, 6.07) is 26.2. The van der Waals surface area contributed by atoms with E-state index < -0.39 is 12.1 Å². The van der Waals surface area contributed by atoms with Gasteiger partial charge in [-0.15, -0.1) is 0 Å². The van der Waals surface area contributed by atoms with Gasteiger partial charge < -0.3 is 15.4 Å². The van der Waals surface area contributed by atoms with Crippen LogP contribution in [0.4, 0.5) is 10.5 Å². The Balaban J connectivity index is 1.38. The third-order valence-corrected chi connectivity index (χ3v) is 5.92. The van der Waals surface area contributed by atoms with Gasteiger partial charge in [-0.3, -0.25) is 4.79 Å². The minimum atomic E-state index is -0.788. The van der Waals surface area contributed by atoms with Crippen molar-refractivity contribution in [2.75, 3.05) is 5.32 Å². The van der Waals surface area contributed by atoms with Crippen LogP contribution < -0.4 is 15.5 Å². The molecule has 2 amide bonds. The van der Waals surface area contributed by atoms with Crippen molar-refractivity contribution >= 4 is 29.5 Å². The number of ether oxygens (including phenoxy) is 1. The second-order valence-electron chi connectivity index (χ2n) is 8.12. The van der Waals surface area contributed by atoms with E-state index in [1.165, 1.54) is 5.56 Å². The lowest BCUT2D eigenvalue weighted by Gasteiger charge is -2.19. The van der Waals surface area contributed by atoms with Gasteiger partial charge in [0.2, 0.25) is 5.91 Å². The minimum absolute atomic E-state index is 0.132. The first-order valence-electron chi connectivity index (χ1n) is 10.9. The molecule has 3 unspecified atom stereocenters. The Bertz CT molecular complexity index is 1060. The van der Waals surface area contributed by atoms with Crippen LogP contribution in [0.15, 0.2) is 84.9 Å². The molecule has 0 bridgehead atoms. The Labute approximate surface area is 198 Å². The summed E-state index contributed by atoms with van der Waals surface area (Å²) >= 11 is 5.69. The van der Waals surface area contributed by atoms with Gasteiger partial charge in [0.05, 0.1) is 0 Å². The van der Waals surface area contributed by atoms with Crippen molar-refractivity contribution in [2.45, 2.75) is 37.5 Å². The van der Waals surface area contributed by atoms with Crippen molar-refractivity contribution in [1.29, 1.82) is 0 Å². The summed E-state index contributed by atoms with van der Waals surface area (Å²) in [5, 5.41) is 5.61. The second kappa shape index (κ2) is 11.0. The number of rotatable bonds is 9.